The minimum atomic E-state index is -0.235. The summed E-state index contributed by atoms with van der Waals surface area (Å²) in [7, 11) is 0. The topological polar surface area (TPSA) is 0 Å². The Morgan fingerprint density at radius 1 is 1.45 bits per heavy atom. The van der Waals surface area contributed by atoms with E-state index in [1.807, 2.05) is 0 Å². The first-order chi connectivity index (χ1) is 5.25. The van der Waals surface area contributed by atoms with E-state index in [4.69, 9.17) is 11.6 Å². The van der Waals surface area contributed by atoms with Crippen molar-refractivity contribution >= 4 is 11.6 Å². The van der Waals surface area contributed by atoms with Crippen LogP contribution in [-0.4, -0.2) is 0 Å². The van der Waals surface area contributed by atoms with Gasteiger partial charge in [-0.2, -0.15) is 0 Å². The second-order valence-corrected chi connectivity index (χ2v) is 2.71. The highest BCUT2D eigenvalue weighted by molar-refractivity contribution is 6.31. The minimum absolute atomic E-state index is 0.235. The van der Waals surface area contributed by atoms with E-state index in [1.165, 1.54) is 6.07 Å². The molecule has 0 saturated heterocycles. The molecule has 0 aliphatic rings. The summed E-state index contributed by atoms with van der Waals surface area (Å²) in [6, 6.07) is 4.71. The Labute approximate surface area is 71.0 Å². The molecule has 11 heavy (non-hydrogen) atoms. The highest BCUT2D eigenvalue weighted by Crippen LogP contribution is 2.19. The quantitative estimate of drug-likeness (QED) is 0.641. The van der Waals surface area contributed by atoms with Crippen molar-refractivity contribution in [2.45, 2.75) is 12.8 Å². The van der Waals surface area contributed by atoms with Gasteiger partial charge in [0.25, 0.3) is 0 Å². The summed E-state index contributed by atoms with van der Waals surface area (Å²) in [6.45, 7) is 3.64. The molecule has 0 aromatic heterocycles. The molecule has 1 aromatic carbocycles. The molecule has 0 amide bonds. The van der Waals surface area contributed by atoms with Crippen LogP contribution in [0.2, 0.25) is 5.02 Å². The minimum Gasteiger partial charge on any atom is -0.207 e. The van der Waals surface area contributed by atoms with Crippen molar-refractivity contribution in [2.75, 3.05) is 0 Å². The molecule has 0 heterocycles. The smallest absolute Gasteiger partial charge is 0.127 e. The van der Waals surface area contributed by atoms with E-state index in [0.29, 0.717) is 23.4 Å². The zero-order valence-electron chi connectivity index (χ0n) is 6.11. The van der Waals surface area contributed by atoms with Crippen molar-refractivity contribution in [1.29, 1.82) is 0 Å². The number of hydrogen-bond acceptors (Lipinski definition) is 0. The normalized spacial score (nSPS) is 10.1. The Kier molecular flexibility index (Phi) is 2.89. The number of benzene rings is 1. The fraction of sp³-hybridized carbons (Fsp3) is 0.222. The number of halogens is 2. The van der Waals surface area contributed by atoms with E-state index < -0.39 is 0 Å². The Balaban J connectivity index is 3.00. The summed E-state index contributed by atoms with van der Waals surface area (Å²) in [5, 5.41) is 0.494. The van der Waals surface area contributed by atoms with Crippen LogP contribution in [0.1, 0.15) is 12.0 Å². The van der Waals surface area contributed by atoms with Crippen molar-refractivity contribution in [3.63, 3.8) is 0 Å². The fourth-order valence-corrected chi connectivity index (χ4v) is 1.21. The predicted octanol–water partition coefficient (Wildman–Crippen LogP) is 3.25. The van der Waals surface area contributed by atoms with Crippen LogP contribution in [0.15, 0.2) is 18.2 Å². The lowest BCUT2D eigenvalue weighted by molar-refractivity contribution is 0.609. The zero-order valence-corrected chi connectivity index (χ0v) is 6.87. The van der Waals surface area contributed by atoms with Gasteiger partial charge in [0.15, 0.2) is 0 Å². The second-order valence-electron chi connectivity index (χ2n) is 2.30. The van der Waals surface area contributed by atoms with Gasteiger partial charge in [0.05, 0.1) is 0 Å². The Bertz CT molecular complexity index is 225. The lowest BCUT2D eigenvalue weighted by Crippen LogP contribution is -1.89. The van der Waals surface area contributed by atoms with Crippen molar-refractivity contribution < 1.29 is 4.39 Å². The molecule has 0 bridgehead atoms. The van der Waals surface area contributed by atoms with Crippen LogP contribution in [0.5, 0.6) is 0 Å². The van der Waals surface area contributed by atoms with Crippen LogP contribution in [0, 0.1) is 12.7 Å². The maximum absolute atomic E-state index is 12.9. The average molecular weight is 172 g/mol. The highest BCUT2D eigenvalue weighted by atomic mass is 35.5. The molecule has 2 heteroatoms. The molecule has 1 radical (unpaired) electrons. The van der Waals surface area contributed by atoms with Gasteiger partial charge in [0, 0.05) is 10.6 Å². The van der Waals surface area contributed by atoms with Crippen LogP contribution in [0.4, 0.5) is 4.39 Å². The molecule has 0 atom stereocenters. The van der Waals surface area contributed by atoms with Gasteiger partial charge < -0.3 is 0 Å². The molecule has 0 unspecified atom stereocenters. The SMILES string of the molecule is [CH2]CCc1c(F)cccc1Cl. The van der Waals surface area contributed by atoms with Crippen molar-refractivity contribution in [1.82, 2.24) is 0 Å². The van der Waals surface area contributed by atoms with Crippen molar-refractivity contribution in [3.8, 4) is 0 Å². The average Bonchev–Trinajstić information content (AvgIpc) is 1.97. The molecule has 59 valence electrons. The monoisotopic (exact) mass is 171 g/mol. The van der Waals surface area contributed by atoms with Crippen LogP contribution in [-0.2, 0) is 6.42 Å². The largest absolute Gasteiger partial charge is 0.207 e. The molecule has 0 aliphatic carbocycles. The molecule has 0 fully saturated rings. The highest BCUT2D eigenvalue weighted by Gasteiger charge is 2.03. The van der Waals surface area contributed by atoms with Crippen LogP contribution >= 0.6 is 11.6 Å². The molecule has 0 N–H and O–H groups in total. The maximum atomic E-state index is 12.9. The first-order valence-electron chi connectivity index (χ1n) is 3.48. The van der Waals surface area contributed by atoms with Gasteiger partial charge in [0.1, 0.15) is 5.82 Å². The van der Waals surface area contributed by atoms with E-state index >= 15 is 0 Å². The molecule has 0 spiro atoms. The summed E-state index contributed by atoms with van der Waals surface area (Å²) >= 11 is 5.74. The molecule has 0 nitrogen and oxygen atoms in total. The summed E-state index contributed by atoms with van der Waals surface area (Å²) in [6.07, 6.45) is 1.27. The second kappa shape index (κ2) is 3.72. The summed E-state index contributed by atoms with van der Waals surface area (Å²) in [5.74, 6) is -0.235. The Morgan fingerprint density at radius 3 is 2.73 bits per heavy atom. The molecule has 1 rings (SSSR count). The van der Waals surface area contributed by atoms with E-state index in [9.17, 15) is 4.39 Å². The lowest BCUT2D eigenvalue weighted by Gasteiger charge is -2.02. The lowest BCUT2D eigenvalue weighted by atomic mass is 10.1. The van der Waals surface area contributed by atoms with Crippen LogP contribution in [0.25, 0.3) is 0 Å². The van der Waals surface area contributed by atoms with Crippen LogP contribution < -0.4 is 0 Å². The van der Waals surface area contributed by atoms with Gasteiger partial charge in [-0.25, -0.2) is 4.39 Å². The van der Waals surface area contributed by atoms with Gasteiger partial charge in [-0.05, 0) is 25.0 Å². The molecule has 1 aromatic rings. The van der Waals surface area contributed by atoms with Crippen molar-refractivity contribution in [2.24, 2.45) is 0 Å². The van der Waals surface area contributed by atoms with Gasteiger partial charge in [0.2, 0.25) is 0 Å². The summed E-state index contributed by atoms with van der Waals surface area (Å²) < 4.78 is 12.9. The van der Waals surface area contributed by atoms with E-state index in [1.54, 1.807) is 12.1 Å². The Morgan fingerprint density at radius 2 is 2.18 bits per heavy atom. The van der Waals surface area contributed by atoms with Gasteiger partial charge in [-0.1, -0.05) is 24.6 Å². The third kappa shape index (κ3) is 1.93. The zero-order chi connectivity index (χ0) is 8.27. The van der Waals surface area contributed by atoms with Crippen molar-refractivity contribution in [3.05, 3.63) is 41.5 Å². The van der Waals surface area contributed by atoms with Gasteiger partial charge >= 0.3 is 0 Å². The molecule has 0 saturated carbocycles. The van der Waals surface area contributed by atoms with Gasteiger partial charge in [-0.3, -0.25) is 0 Å². The van der Waals surface area contributed by atoms with Gasteiger partial charge in [-0.15, -0.1) is 0 Å². The third-order valence-electron chi connectivity index (χ3n) is 1.49. The Hall–Kier alpha value is -0.560. The van der Waals surface area contributed by atoms with E-state index in [0.717, 1.165) is 0 Å². The van der Waals surface area contributed by atoms with Crippen LogP contribution in [0.3, 0.4) is 0 Å². The van der Waals surface area contributed by atoms with E-state index in [2.05, 4.69) is 6.92 Å². The summed E-state index contributed by atoms with van der Waals surface area (Å²) in [4.78, 5) is 0. The van der Waals surface area contributed by atoms with E-state index in [-0.39, 0.29) is 5.82 Å². The number of hydrogen-bond donors (Lipinski definition) is 0. The summed E-state index contributed by atoms with van der Waals surface area (Å²) in [5.41, 5.74) is 0.573. The fourth-order valence-electron chi connectivity index (χ4n) is 0.948. The maximum Gasteiger partial charge on any atom is 0.127 e. The molecule has 0 aliphatic heterocycles. The first-order valence-corrected chi connectivity index (χ1v) is 3.85. The standard InChI is InChI=1S/C9H9ClF/c1-2-4-7-8(10)5-3-6-9(7)11/h3,5-6H,1-2,4H2. The number of rotatable bonds is 2. The molecular formula is C9H9ClF. The molecular weight excluding hydrogens is 163 g/mol. The predicted molar refractivity (Wildman–Crippen MR) is 45.1 cm³/mol. The third-order valence-corrected chi connectivity index (χ3v) is 1.84. The first kappa shape index (κ1) is 8.54.